The zero-order valence-electron chi connectivity index (χ0n) is 10.5. The molecule has 1 N–H and O–H groups in total. The maximum atomic E-state index is 12.0. The molecule has 0 spiro atoms. The first-order valence-corrected chi connectivity index (χ1v) is 7.36. The highest BCUT2D eigenvalue weighted by molar-refractivity contribution is 7.89. The quantitative estimate of drug-likeness (QED) is 0.634. The van der Waals surface area contributed by atoms with Gasteiger partial charge in [0, 0.05) is 26.7 Å². The van der Waals surface area contributed by atoms with Crippen LogP contribution < -0.4 is 0 Å². The largest absolute Gasteiger partial charge is 0.480 e. The minimum absolute atomic E-state index is 0.0688. The first-order chi connectivity index (χ1) is 8.42. The fourth-order valence-corrected chi connectivity index (χ4v) is 3.42. The molecule has 2 atom stereocenters. The molecule has 7 nitrogen and oxygen atoms in total. The molecule has 1 aliphatic rings. The van der Waals surface area contributed by atoms with E-state index in [0.29, 0.717) is 6.61 Å². The number of hydrogen-bond donors (Lipinski definition) is 1. The summed E-state index contributed by atoms with van der Waals surface area (Å²) in [6, 6.07) is -1.04. The highest BCUT2D eigenvalue weighted by atomic mass is 32.2. The molecule has 1 rings (SSSR count). The molecule has 0 radical (unpaired) electrons. The average Bonchev–Trinajstić information content (AvgIpc) is 2.74. The molecule has 0 amide bonds. The van der Waals surface area contributed by atoms with E-state index in [9.17, 15) is 13.2 Å². The van der Waals surface area contributed by atoms with E-state index >= 15 is 0 Å². The lowest BCUT2D eigenvalue weighted by molar-refractivity contribution is -0.140. The molecule has 0 aromatic rings. The molecule has 0 bridgehead atoms. The molecular weight excluding hydrogens is 262 g/mol. The summed E-state index contributed by atoms with van der Waals surface area (Å²) >= 11 is 0. The van der Waals surface area contributed by atoms with Crippen molar-refractivity contribution < 1.29 is 27.8 Å². The number of carbonyl (C=O) groups is 1. The Morgan fingerprint density at radius 3 is 2.67 bits per heavy atom. The van der Waals surface area contributed by atoms with Crippen LogP contribution in [0, 0.1) is 0 Å². The Hall–Kier alpha value is -0.700. The summed E-state index contributed by atoms with van der Waals surface area (Å²) in [6.07, 6.45) is -0.187. The van der Waals surface area contributed by atoms with Gasteiger partial charge in [-0.3, -0.25) is 4.79 Å². The van der Waals surface area contributed by atoms with Crippen molar-refractivity contribution >= 4 is 16.0 Å². The lowest BCUT2D eigenvalue weighted by Gasteiger charge is -2.20. The Balaban J connectivity index is 2.75. The second kappa shape index (κ2) is 6.46. The summed E-state index contributed by atoms with van der Waals surface area (Å²) in [4.78, 5) is 11.1. The fourth-order valence-electron chi connectivity index (χ4n) is 1.90. The van der Waals surface area contributed by atoms with Gasteiger partial charge < -0.3 is 14.6 Å². The van der Waals surface area contributed by atoms with Crippen molar-refractivity contribution in [1.82, 2.24) is 4.31 Å². The van der Waals surface area contributed by atoms with Crippen LogP contribution in [0.25, 0.3) is 0 Å². The lowest BCUT2D eigenvalue weighted by atomic mass is 10.2. The van der Waals surface area contributed by atoms with Gasteiger partial charge in [-0.25, -0.2) is 8.42 Å². The van der Waals surface area contributed by atoms with Crippen molar-refractivity contribution in [3.63, 3.8) is 0 Å². The summed E-state index contributed by atoms with van der Waals surface area (Å²) in [5.74, 6) is -1.35. The Bertz CT molecular complexity index is 382. The Morgan fingerprint density at radius 2 is 2.17 bits per heavy atom. The third-order valence-corrected chi connectivity index (χ3v) is 4.68. The summed E-state index contributed by atoms with van der Waals surface area (Å²) < 4.78 is 35.1. The molecule has 2 unspecified atom stereocenters. The highest BCUT2D eigenvalue weighted by Gasteiger charge is 2.43. The molecule has 0 saturated carbocycles. The van der Waals surface area contributed by atoms with Crippen LogP contribution in [0.1, 0.15) is 13.3 Å². The van der Waals surface area contributed by atoms with E-state index in [-0.39, 0.29) is 31.4 Å². The lowest BCUT2D eigenvalue weighted by Crippen LogP contribution is -2.42. The maximum absolute atomic E-state index is 12.0. The second-order valence-electron chi connectivity index (χ2n) is 4.03. The SMILES string of the molecule is CCOCCS(=O)(=O)N1CC(OC)CC1C(=O)O. The molecule has 1 aliphatic heterocycles. The minimum atomic E-state index is -3.62. The van der Waals surface area contributed by atoms with E-state index in [1.807, 2.05) is 0 Å². The predicted octanol–water partition coefficient (Wildman–Crippen LogP) is -0.473. The summed E-state index contributed by atoms with van der Waals surface area (Å²) in [7, 11) is -2.18. The van der Waals surface area contributed by atoms with Crippen molar-refractivity contribution in [1.29, 1.82) is 0 Å². The van der Waals surface area contributed by atoms with Gasteiger partial charge in [0.1, 0.15) is 6.04 Å². The first-order valence-electron chi connectivity index (χ1n) is 5.75. The van der Waals surface area contributed by atoms with Crippen molar-refractivity contribution in [3.8, 4) is 0 Å². The molecule has 0 aliphatic carbocycles. The zero-order valence-corrected chi connectivity index (χ0v) is 11.4. The normalized spacial score (nSPS) is 25.4. The number of carboxylic acid groups (broad SMARTS) is 1. The van der Waals surface area contributed by atoms with Crippen molar-refractivity contribution in [2.75, 3.05) is 32.6 Å². The number of nitrogens with zero attached hydrogens (tertiary/aromatic N) is 1. The van der Waals surface area contributed by atoms with Crippen LogP contribution in [0.2, 0.25) is 0 Å². The highest BCUT2D eigenvalue weighted by Crippen LogP contribution is 2.23. The van der Waals surface area contributed by atoms with Gasteiger partial charge in [0.15, 0.2) is 0 Å². The van der Waals surface area contributed by atoms with Crippen LogP contribution >= 0.6 is 0 Å². The molecule has 1 fully saturated rings. The number of methoxy groups -OCH3 is 1. The van der Waals surface area contributed by atoms with Crippen LogP contribution in [-0.2, 0) is 24.3 Å². The van der Waals surface area contributed by atoms with Crippen molar-refractivity contribution in [3.05, 3.63) is 0 Å². The topological polar surface area (TPSA) is 93.1 Å². The maximum Gasteiger partial charge on any atom is 0.322 e. The van der Waals surface area contributed by atoms with Gasteiger partial charge in [-0.05, 0) is 6.92 Å². The van der Waals surface area contributed by atoms with Gasteiger partial charge in [0.2, 0.25) is 10.0 Å². The minimum Gasteiger partial charge on any atom is -0.480 e. The van der Waals surface area contributed by atoms with E-state index in [0.717, 1.165) is 4.31 Å². The van der Waals surface area contributed by atoms with Crippen LogP contribution in [0.5, 0.6) is 0 Å². The summed E-state index contributed by atoms with van der Waals surface area (Å²) in [6.45, 7) is 2.35. The molecule has 1 heterocycles. The van der Waals surface area contributed by atoms with Gasteiger partial charge in [0.25, 0.3) is 0 Å². The number of sulfonamides is 1. The van der Waals surface area contributed by atoms with Gasteiger partial charge in [-0.2, -0.15) is 4.31 Å². The number of carboxylic acids is 1. The third-order valence-electron chi connectivity index (χ3n) is 2.88. The van der Waals surface area contributed by atoms with Crippen molar-refractivity contribution in [2.24, 2.45) is 0 Å². The van der Waals surface area contributed by atoms with Crippen LogP contribution in [0.3, 0.4) is 0 Å². The molecule has 1 saturated heterocycles. The van der Waals surface area contributed by atoms with E-state index in [1.165, 1.54) is 7.11 Å². The molecule has 18 heavy (non-hydrogen) atoms. The van der Waals surface area contributed by atoms with Crippen molar-refractivity contribution in [2.45, 2.75) is 25.5 Å². The standard InChI is InChI=1S/C10H19NO6S/c1-3-17-4-5-18(14,15)11-7-8(16-2)6-9(11)10(12)13/h8-9H,3-7H2,1-2H3,(H,12,13). The van der Waals surface area contributed by atoms with E-state index in [1.54, 1.807) is 6.92 Å². The molecular formula is C10H19NO6S. The fraction of sp³-hybridized carbons (Fsp3) is 0.900. The number of hydrogen-bond acceptors (Lipinski definition) is 5. The second-order valence-corrected chi connectivity index (χ2v) is 6.07. The molecule has 0 aromatic carbocycles. The number of rotatable bonds is 7. The Morgan fingerprint density at radius 1 is 1.50 bits per heavy atom. The average molecular weight is 281 g/mol. The predicted molar refractivity (Wildman–Crippen MR) is 63.8 cm³/mol. The molecule has 106 valence electrons. The molecule has 0 aromatic heterocycles. The summed E-state index contributed by atoms with van der Waals surface area (Å²) in [5.41, 5.74) is 0. The number of aliphatic carboxylic acids is 1. The van der Waals surface area contributed by atoms with Crippen LogP contribution in [-0.4, -0.2) is 68.6 Å². The van der Waals surface area contributed by atoms with Crippen LogP contribution in [0.15, 0.2) is 0 Å². The third kappa shape index (κ3) is 3.64. The van der Waals surface area contributed by atoms with Gasteiger partial charge in [-0.15, -0.1) is 0 Å². The van der Waals surface area contributed by atoms with E-state index in [2.05, 4.69) is 0 Å². The monoisotopic (exact) mass is 281 g/mol. The Labute approximate surface area is 107 Å². The zero-order chi connectivity index (χ0) is 13.8. The first kappa shape index (κ1) is 15.4. The van der Waals surface area contributed by atoms with E-state index in [4.69, 9.17) is 14.6 Å². The van der Waals surface area contributed by atoms with Crippen LogP contribution in [0.4, 0.5) is 0 Å². The van der Waals surface area contributed by atoms with Gasteiger partial charge >= 0.3 is 5.97 Å². The summed E-state index contributed by atoms with van der Waals surface area (Å²) in [5, 5.41) is 9.04. The van der Waals surface area contributed by atoms with Gasteiger partial charge in [0.05, 0.1) is 18.5 Å². The number of ether oxygens (including phenoxy) is 2. The molecule has 8 heteroatoms. The van der Waals surface area contributed by atoms with E-state index < -0.39 is 22.0 Å². The van der Waals surface area contributed by atoms with Gasteiger partial charge in [-0.1, -0.05) is 0 Å². The smallest absolute Gasteiger partial charge is 0.322 e. The Kier molecular flexibility index (Phi) is 5.51.